The van der Waals surface area contributed by atoms with Gasteiger partial charge in [0.05, 0.1) is 13.2 Å². The molecule has 0 aliphatic carbocycles. The van der Waals surface area contributed by atoms with Crippen molar-refractivity contribution in [2.75, 3.05) is 25.1 Å². The first-order chi connectivity index (χ1) is 7.81. The molecular weight excluding hydrogens is 289 g/mol. The molecule has 88 valence electrons. The summed E-state index contributed by atoms with van der Waals surface area (Å²) < 4.78 is 5.47. The summed E-state index contributed by atoms with van der Waals surface area (Å²) >= 11 is 9.69. The van der Waals surface area contributed by atoms with Crippen LogP contribution in [-0.2, 0) is 11.3 Å². The number of rotatable bonds is 3. The van der Waals surface area contributed by atoms with Gasteiger partial charge in [-0.2, -0.15) is 0 Å². The number of halogens is 2. The topological polar surface area (TPSA) is 12.5 Å². The molecule has 1 saturated heterocycles. The Morgan fingerprint density at radius 1 is 1.44 bits per heavy atom. The van der Waals surface area contributed by atoms with Crippen molar-refractivity contribution in [3.8, 4) is 0 Å². The van der Waals surface area contributed by atoms with Gasteiger partial charge in [-0.15, -0.1) is 0 Å². The zero-order chi connectivity index (χ0) is 11.4. The molecule has 1 aliphatic rings. The van der Waals surface area contributed by atoms with E-state index in [9.17, 15) is 0 Å². The number of ether oxygens (including phenoxy) is 1. The SMILES string of the molecule is Clc1ccccc1CN1CCOCC1CBr. The van der Waals surface area contributed by atoms with Gasteiger partial charge in [0.2, 0.25) is 0 Å². The van der Waals surface area contributed by atoms with Crippen molar-refractivity contribution < 1.29 is 4.74 Å². The maximum Gasteiger partial charge on any atom is 0.0630 e. The normalized spacial score (nSPS) is 22.2. The van der Waals surface area contributed by atoms with Crippen LogP contribution in [0.2, 0.25) is 5.02 Å². The monoisotopic (exact) mass is 303 g/mol. The highest BCUT2D eigenvalue weighted by Crippen LogP contribution is 2.20. The molecule has 1 aromatic rings. The van der Waals surface area contributed by atoms with Crippen molar-refractivity contribution in [2.45, 2.75) is 12.6 Å². The number of alkyl halides is 1. The molecular formula is C12H15BrClNO. The minimum absolute atomic E-state index is 0.449. The number of morpholine rings is 1. The molecule has 1 atom stereocenters. The summed E-state index contributed by atoms with van der Waals surface area (Å²) in [6.45, 7) is 3.49. The Morgan fingerprint density at radius 3 is 3.00 bits per heavy atom. The Hall–Kier alpha value is -0.0900. The van der Waals surface area contributed by atoms with Crippen LogP contribution in [0.4, 0.5) is 0 Å². The molecule has 1 aromatic carbocycles. The molecule has 2 nitrogen and oxygen atoms in total. The van der Waals surface area contributed by atoms with Crippen LogP contribution in [0.1, 0.15) is 5.56 Å². The van der Waals surface area contributed by atoms with Crippen LogP contribution in [0.25, 0.3) is 0 Å². The predicted molar refractivity (Wildman–Crippen MR) is 70.3 cm³/mol. The lowest BCUT2D eigenvalue weighted by molar-refractivity contribution is -0.00211. The Labute approximate surface area is 110 Å². The van der Waals surface area contributed by atoms with Gasteiger partial charge in [-0.3, -0.25) is 4.90 Å². The van der Waals surface area contributed by atoms with Crippen LogP contribution in [-0.4, -0.2) is 36.0 Å². The molecule has 1 unspecified atom stereocenters. The summed E-state index contributed by atoms with van der Waals surface area (Å²) in [5.41, 5.74) is 1.19. The fraction of sp³-hybridized carbons (Fsp3) is 0.500. The Bertz CT molecular complexity index is 348. The summed E-state index contributed by atoms with van der Waals surface area (Å²) in [4.78, 5) is 2.42. The smallest absolute Gasteiger partial charge is 0.0630 e. The number of nitrogens with zero attached hydrogens (tertiary/aromatic N) is 1. The molecule has 4 heteroatoms. The second-order valence-corrected chi connectivity index (χ2v) is 5.00. The molecule has 0 saturated carbocycles. The van der Waals surface area contributed by atoms with Crippen LogP contribution in [0.15, 0.2) is 24.3 Å². The maximum absolute atomic E-state index is 6.16. The highest BCUT2D eigenvalue weighted by atomic mass is 79.9. The highest BCUT2D eigenvalue weighted by Gasteiger charge is 2.22. The fourth-order valence-corrected chi connectivity index (χ4v) is 2.68. The second-order valence-electron chi connectivity index (χ2n) is 3.94. The van der Waals surface area contributed by atoms with Gasteiger partial charge in [-0.1, -0.05) is 45.7 Å². The zero-order valence-electron chi connectivity index (χ0n) is 9.03. The van der Waals surface area contributed by atoms with Gasteiger partial charge in [-0.05, 0) is 11.6 Å². The van der Waals surface area contributed by atoms with Crippen molar-refractivity contribution >= 4 is 27.5 Å². The lowest BCUT2D eigenvalue weighted by Gasteiger charge is -2.34. The average Bonchev–Trinajstić information content (AvgIpc) is 2.33. The predicted octanol–water partition coefficient (Wildman–Crippen LogP) is 2.94. The van der Waals surface area contributed by atoms with E-state index >= 15 is 0 Å². The van der Waals surface area contributed by atoms with E-state index in [1.807, 2.05) is 18.2 Å². The molecule has 0 aromatic heterocycles. The Morgan fingerprint density at radius 2 is 2.25 bits per heavy atom. The standard InChI is InChI=1S/C12H15BrClNO/c13-7-11-9-16-6-5-15(11)8-10-3-1-2-4-12(10)14/h1-4,11H,5-9H2. The molecule has 0 amide bonds. The molecule has 0 bridgehead atoms. The Balaban J connectivity index is 2.05. The third kappa shape index (κ3) is 2.98. The van der Waals surface area contributed by atoms with Gasteiger partial charge in [0.25, 0.3) is 0 Å². The number of benzene rings is 1. The van der Waals surface area contributed by atoms with Gasteiger partial charge in [-0.25, -0.2) is 0 Å². The van der Waals surface area contributed by atoms with Crippen LogP contribution in [0.3, 0.4) is 0 Å². The number of hydrogen-bond acceptors (Lipinski definition) is 2. The first-order valence-corrected chi connectivity index (χ1v) is 6.92. The van der Waals surface area contributed by atoms with Gasteiger partial charge < -0.3 is 4.74 Å². The maximum atomic E-state index is 6.16. The lowest BCUT2D eigenvalue weighted by Crippen LogP contribution is -2.45. The summed E-state index contributed by atoms with van der Waals surface area (Å²) in [6.07, 6.45) is 0. The van der Waals surface area contributed by atoms with E-state index in [1.54, 1.807) is 0 Å². The van der Waals surface area contributed by atoms with Crippen LogP contribution < -0.4 is 0 Å². The number of hydrogen-bond donors (Lipinski definition) is 0. The first kappa shape index (κ1) is 12.4. The molecule has 2 rings (SSSR count). The molecule has 0 N–H and O–H groups in total. The van der Waals surface area contributed by atoms with Gasteiger partial charge in [0.1, 0.15) is 0 Å². The van der Waals surface area contributed by atoms with E-state index in [0.717, 1.165) is 36.7 Å². The molecule has 1 heterocycles. The van der Waals surface area contributed by atoms with E-state index in [4.69, 9.17) is 16.3 Å². The fourth-order valence-electron chi connectivity index (χ4n) is 1.88. The molecule has 0 radical (unpaired) electrons. The summed E-state index contributed by atoms with van der Waals surface area (Å²) in [6, 6.07) is 8.48. The minimum Gasteiger partial charge on any atom is -0.378 e. The van der Waals surface area contributed by atoms with Gasteiger partial charge >= 0.3 is 0 Å². The lowest BCUT2D eigenvalue weighted by atomic mass is 10.1. The largest absolute Gasteiger partial charge is 0.378 e. The second kappa shape index (κ2) is 6.01. The molecule has 16 heavy (non-hydrogen) atoms. The van der Waals surface area contributed by atoms with E-state index < -0.39 is 0 Å². The molecule has 1 fully saturated rings. The summed E-state index contributed by atoms with van der Waals surface area (Å²) in [5.74, 6) is 0. The average molecular weight is 305 g/mol. The van der Waals surface area contributed by atoms with E-state index in [-0.39, 0.29) is 0 Å². The molecule has 0 spiro atoms. The van der Waals surface area contributed by atoms with Crippen LogP contribution in [0, 0.1) is 0 Å². The van der Waals surface area contributed by atoms with E-state index in [0.29, 0.717) is 6.04 Å². The van der Waals surface area contributed by atoms with Crippen molar-refractivity contribution in [3.05, 3.63) is 34.9 Å². The van der Waals surface area contributed by atoms with Gasteiger partial charge in [0, 0.05) is 29.5 Å². The van der Waals surface area contributed by atoms with E-state index in [2.05, 4.69) is 26.9 Å². The third-order valence-electron chi connectivity index (χ3n) is 2.86. The van der Waals surface area contributed by atoms with Crippen molar-refractivity contribution in [1.29, 1.82) is 0 Å². The van der Waals surface area contributed by atoms with Crippen molar-refractivity contribution in [2.24, 2.45) is 0 Å². The van der Waals surface area contributed by atoms with Crippen LogP contribution in [0.5, 0.6) is 0 Å². The van der Waals surface area contributed by atoms with Crippen LogP contribution >= 0.6 is 27.5 Å². The first-order valence-electron chi connectivity index (χ1n) is 5.42. The van der Waals surface area contributed by atoms with Crippen molar-refractivity contribution in [3.63, 3.8) is 0 Å². The minimum atomic E-state index is 0.449. The van der Waals surface area contributed by atoms with Crippen molar-refractivity contribution in [1.82, 2.24) is 4.90 Å². The summed E-state index contributed by atoms with van der Waals surface area (Å²) in [5, 5.41) is 1.79. The third-order valence-corrected chi connectivity index (χ3v) is 3.97. The highest BCUT2D eigenvalue weighted by molar-refractivity contribution is 9.09. The van der Waals surface area contributed by atoms with Gasteiger partial charge in [0.15, 0.2) is 0 Å². The zero-order valence-corrected chi connectivity index (χ0v) is 11.4. The molecule has 1 aliphatic heterocycles. The Kier molecular flexibility index (Phi) is 4.65. The quantitative estimate of drug-likeness (QED) is 0.796. The summed E-state index contributed by atoms with van der Waals surface area (Å²) in [7, 11) is 0. The van der Waals surface area contributed by atoms with E-state index in [1.165, 1.54) is 5.56 Å².